The predicted molar refractivity (Wildman–Crippen MR) is 128 cm³/mol. The zero-order chi connectivity index (χ0) is 22.7. The molecule has 0 radical (unpaired) electrons. The van der Waals surface area contributed by atoms with Gasteiger partial charge in [-0.1, -0.05) is 24.6 Å². The molecule has 8 nitrogen and oxygen atoms in total. The quantitative estimate of drug-likeness (QED) is 0.516. The van der Waals surface area contributed by atoms with Gasteiger partial charge >= 0.3 is 0 Å². The lowest BCUT2D eigenvalue weighted by Gasteiger charge is -2.36. The van der Waals surface area contributed by atoms with Gasteiger partial charge in [0.05, 0.1) is 21.3 Å². The van der Waals surface area contributed by atoms with Gasteiger partial charge in [0.1, 0.15) is 5.69 Å². The highest BCUT2D eigenvalue weighted by atomic mass is 35.5. The molecule has 0 bridgehead atoms. The monoisotopic (exact) mass is 457 g/mol. The number of nitrogens with zero attached hydrogens (tertiary/aromatic N) is 4. The van der Waals surface area contributed by atoms with Crippen LogP contribution in [-0.4, -0.2) is 61.5 Å². The number of likely N-dealkylation sites (N-methyl/N-ethyl adjacent to an activating group) is 1. The molecule has 170 valence electrons. The largest absolute Gasteiger partial charge is 0.366 e. The number of amides is 1. The maximum atomic E-state index is 13.0. The molecular formula is C23H28ClN5O3. The number of hydrogen-bond acceptors (Lipinski definition) is 6. The summed E-state index contributed by atoms with van der Waals surface area (Å²) in [4.78, 5) is 30.9. The van der Waals surface area contributed by atoms with Crippen molar-refractivity contribution in [3.8, 4) is 0 Å². The Bertz CT molecular complexity index is 1000. The van der Waals surface area contributed by atoms with Gasteiger partial charge in [0.15, 0.2) is 0 Å². The first-order chi connectivity index (χ1) is 15.5. The van der Waals surface area contributed by atoms with Crippen molar-refractivity contribution in [3.05, 3.63) is 57.1 Å². The third kappa shape index (κ3) is 4.66. The van der Waals surface area contributed by atoms with Gasteiger partial charge in [-0.3, -0.25) is 14.9 Å². The van der Waals surface area contributed by atoms with Crippen molar-refractivity contribution in [1.29, 1.82) is 0 Å². The van der Waals surface area contributed by atoms with Crippen molar-refractivity contribution < 1.29 is 9.72 Å². The summed E-state index contributed by atoms with van der Waals surface area (Å²) in [6, 6.07) is 10.1. The molecule has 0 aromatic heterocycles. The lowest BCUT2D eigenvalue weighted by atomic mass is 10.1. The molecule has 2 fully saturated rings. The summed E-state index contributed by atoms with van der Waals surface area (Å²) in [5.74, 6) is -0.392. The van der Waals surface area contributed by atoms with Crippen LogP contribution in [0.25, 0.3) is 0 Å². The van der Waals surface area contributed by atoms with Crippen LogP contribution >= 0.6 is 11.6 Å². The number of carbonyl (C=O) groups is 1. The van der Waals surface area contributed by atoms with E-state index in [2.05, 4.69) is 22.0 Å². The van der Waals surface area contributed by atoms with Crippen LogP contribution in [0.3, 0.4) is 0 Å². The Labute approximate surface area is 192 Å². The fourth-order valence-corrected chi connectivity index (χ4v) is 4.75. The van der Waals surface area contributed by atoms with Gasteiger partial charge in [-0.15, -0.1) is 0 Å². The standard InChI is InChI=1S/C23H28ClN5O3/c1-2-26-12-14-28(15-13-26)22-18(24)6-5-7-19(22)25-23(30)17-8-9-20(21(16-17)29(31)32)27-10-3-4-11-27/h5-9,16H,2-4,10-15H2,1H3,(H,25,30). The van der Waals surface area contributed by atoms with Crippen LogP contribution in [0, 0.1) is 10.1 Å². The molecule has 0 aliphatic carbocycles. The van der Waals surface area contributed by atoms with Crippen molar-refractivity contribution in [1.82, 2.24) is 4.90 Å². The molecule has 2 aliphatic heterocycles. The van der Waals surface area contributed by atoms with Crippen LogP contribution in [0.2, 0.25) is 5.02 Å². The molecule has 0 spiro atoms. The zero-order valence-electron chi connectivity index (χ0n) is 18.2. The summed E-state index contributed by atoms with van der Waals surface area (Å²) in [5.41, 5.74) is 2.18. The number of nitro benzene ring substituents is 1. The Morgan fingerprint density at radius 1 is 1.06 bits per heavy atom. The minimum atomic E-state index is -0.414. The minimum absolute atomic E-state index is 0.0402. The van der Waals surface area contributed by atoms with E-state index in [1.165, 1.54) is 6.07 Å². The number of nitrogens with one attached hydrogen (secondary N) is 1. The summed E-state index contributed by atoms with van der Waals surface area (Å²) in [6.07, 6.45) is 2.03. The van der Waals surface area contributed by atoms with Crippen molar-refractivity contribution in [2.24, 2.45) is 0 Å². The molecule has 2 aliphatic rings. The van der Waals surface area contributed by atoms with Gasteiger partial charge in [-0.25, -0.2) is 0 Å². The third-order valence-electron chi connectivity index (χ3n) is 6.25. The summed E-state index contributed by atoms with van der Waals surface area (Å²) in [7, 11) is 0. The van der Waals surface area contributed by atoms with E-state index < -0.39 is 10.8 Å². The second-order valence-electron chi connectivity index (χ2n) is 8.17. The Balaban J connectivity index is 1.57. The van der Waals surface area contributed by atoms with Crippen LogP contribution in [0.4, 0.5) is 22.7 Å². The van der Waals surface area contributed by atoms with E-state index in [4.69, 9.17) is 11.6 Å². The predicted octanol–water partition coefficient (Wildman–Crippen LogP) is 4.24. The molecule has 0 atom stereocenters. The van der Waals surface area contributed by atoms with E-state index in [9.17, 15) is 14.9 Å². The molecule has 0 saturated carbocycles. The van der Waals surface area contributed by atoms with Gasteiger partial charge in [-0.2, -0.15) is 0 Å². The average molecular weight is 458 g/mol. The molecule has 0 unspecified atom stereocenters. The van der Waals surface area contributed by atoms with Crippen LogP contribution in [-0.2, 0) is 0 Å². The van der Waals surface area contributed by atoms with E-state index >= 15 is 0 Å². The number of halogens is 1. The lowest BCUT2D eigenvalue weighted by molar-refractivity contribution is -0.384. The molecule has 2 saturated heterocycles. The second-order valence-corrected chi connectivity index (χ2v) is 8.57. The molecule has 2 aromatic rings. The summed E-state index contributed by atoms with van der Waals surface area (Å²) in [5, 5.41) is 15.2. The molecular weight excluding hydrogens is 430 g/mol. The summed E-state index contributed by atoms with van der Waals surface area (Å²) >= 11 is 6.52. The second kappa shape index (κ2) is 9.75. The topological polar surface area (TPSA) is 82.0 Å². The maximum absolute atomic E-state index is 13.0. The van der Waals surface area contributed by atoms with Crippen molar-refractivity contribution in [2.45, 2.75) is 19.8 Å². The number of para-hydroxylation sites is 1. The Kier molecular flexibility index (Phi) is 6.81. The highest BCUT2D eigenvalue weighted by Gasteiger charge is 2.25. The molecule has 1 amide bonds. The number of hydrogen-bond donors (Lipinski definition) is 1. The summed E-state index contributed by atoms with van der Waals surface area (Å²) < 4.78 is 0. The number of anilines is 3. The average Bonchev–Trinajstić information content (AvgIpc) is 3.34. The SMILES string of the molecule is CCN1CCN(c2c(Cl)cccc2NC(=O)c2ccc(N3CCCC3)c([N+](=O)[O-])c2)CC1. The molecule has 2 heterocycles. The molecule has 2 aromatic carbocycles. The summed E-state index contributed by atoms with van der Waals surface area (Å²) in [6.45, 7) is 8.23. The maximum Gasteiger partial charge on any atom is 0.293 e. The highest BCUT2D eigenvalue weighted by molar-refractivity contribution is 6.34. The first kappa shape index (κ1) is 22.4. The fraction of sp³-hybridized carbons (Fsp3) is 0.435. The molecule has 32 heavy (non-hydrogen) atoms. The van der Waals surface area contributed by atoms with Crippen molar-refractivity contribution in [3.63, 3.8) is 0 Å². The first-order valence-electron chi connectivity index (χ1n) is 11.1. The number of nitro groups is 1. The van der Waals surface area contributed by atoms with Crippen LogP contribution in [0.5, 0.6) is 0 Å². The van der Waals surface area contributed by atoms with Crippen molar-refractivity contribution in [2.75, 3.05) is 60.9 Å². The fourth-order valence-electron chi connectivity index (χ4n) is 4.46. The van der Waals surface area contributed by atoms with Gasteiger partial charge in [0.25, 0.3) is 11.6 Å². The van der Waals surface area contributed by atoms with E-state index in [-0.39, 0.29) is 11.3 Å². The van der Waals surface area contributed by atoms with Crippen LogP contribution in [0.15, 0.2) is 36.4 Å². The van der Waals surface area contributed by atoms with Gasteiger partial charge in [0.2, 0.25) is 0 Å². The van der Waals surface area contributed by atoms with Crippen LogP contribution in [0.1, 0.15) is 30.1 Å². The Morgan fingerprint density at radius 3 is 2.44 bits per heavy atom. The molecule has 9 heteroatoms. The van der Waals surface area contributed by atoms with Gasteiger partial charge < -0.3 is 20.0 Å². The molecule has 4 rings (SSSR count). The zero-order valence-corrected chi connectivity index (χ0v) is 19.0. The van der Waals surface area contributed by atoms with Crippen LogP contribution < -0.4 is 15.1 Å². The molecule has 1 N–H and O–H groups in total. The van der Waals surface area contributed by atoms with E-state index in [1.807, 2.05) is 17.0 Å². The minimum Gasteiger partial charge on any atom is -0.366 e. The van der Waals surface area contributed by atoms with Crippen molar-refractivity contribution >= 4 is 40.3 Å². The van der Waals surface area contributed by atoms with E-state index in [0.29, 0.717) is 16.4 Å². The lowest BCUT2D eigenvalue weighted by Crippen LogP contribution is -2.46. The first-order valence-corrected chi connectivity index (χ1v) is 11.5. The van der Waals surface area contributed by atoms with Gasteiger partial charge in [0, 0.05) is 50.9 Å². The Morgan fingerprint density at radius 2 is 1.78 bits per heavy atom. The number of rotatable bonds is 6. The smallest absolute Gasteiger partial charge is 0.293 e. The van der Waals surface area contributed by atoms with E-state index in [0.717, 1.165) is 64.3 Å². The van der Waals surface area contributed by atoms with E-state index in [1.54, 1.807) is 18.2 Å². The normalized spacial score (nSPS) is 16.9. The Hall–Kier alpha value is -2.84. The number of carbonyl (C=O) groups excluding carboxylic acids is 1. The number of benzene rings is 2. The third-order valence-corrected chi connectivity index (χ3v) is 6.56. The van der Waals surface area contributed by atoms with Gasteiger partial charge in [-0.05, 0) is 43.7 Å². The number of piperazine rings is 1. The highest BCUT2D eigenvalue weighted by Crippen LogP contribution is 2.36.